The largest absolute Gasteiger partial charge is 0.389 e. The van der Waals surface area contributed by atoms with Crippen molar-refractivity contribution in [3.05, 3.63) is 42.0 Å². The highest BCUT2D eigenvalue weighted by atomic mass is 32.2. The number of thiocarbonyl (C=S) groups is 1. The van der Waals surface area contributed by atoms with E-state index in [2.05, 4.69) is 29.6 Å². The summed E-state index contributed by atoms with van der Waals surface area (Å²) in [7, 11) is 0. The van der Waals surface area contributed by atoms with E-state index in [1.165, 1.54) is 35.4 Å². The summed E-state index contributed by atoms with van der Waals surface area (Å²) in [6, 6.07) is 13.0. The number of nitrogens with one attached hydrogen (secondary N) is 1. The number of thioether (sulfide) groups is 1. The average molecular weight is 302 g/mol. The van der Waals surface area contributed by atoms with Crippen LogP contribution in [-0.2, 0) is 0 Å². The quantitative estimate of drug-likeness (QED) is 0.846. The van der Waals surface area contributed by atoms with Crippen LogP contribution < -0.4 is 11.1 Å². The predicted octanol–water partition coefficient (Wildman–Crippen LogP) is 3.78. The van der Waals surface area contributed by atoms with Crippen molar-refractivity contribution in [2.45, 2.75) is 18.9 Å². The molecule has 0 atom stereocenters. The standard InChI is InChI=1S/C16H18N2S2/c17-16(19)14-5-6-15(13-4-2-1-3-12(13)14)18-11-7-9-20-10-8-11/h1-6,11,18H,7-10H2,(H2,17,19). The monoisotopic (exact) mass is 302 g/mol. The Morgan fingerprint density at radius 1 is 1.10 bits per heavy atom. The van der Waals surface area contributed by atoms with E-state index in [0.717, 1.165) is 10.9 Å². The van der Waals surface area contributed by atoms with Gasteiger partial charge in [-0.05, 0) is 41.9 Å². The van der Waals surface area contributed by atoms with Gasteiger partial charge in [-0.1, -0.05) is 36.5 Å². The van der Waals surface area contributed by atoms with Gasteiger partial charge in [-0.15, -0.1) is 0 Å². The summed E-state index contributed by atoms with van der Waals surface area (Å²) in [6.45, 7) is 0. The van der Waals surface area contributed by atoms with Crippen molar-refractivity contribution in [1.82, 2.24) is 0 Å². The molecule has 1 fully saturated rings. The topological polar surface area (TPSA) is 38.0 Å². The zero-order valence-corrected chi connectivity index (χ0v) is 12.9. The second kappa shape index (κ2) is 6.02. The number of rotatable bonds is 3. The Balaban J connectivity index is 1.99. The molecular formula is C16H18N2S2. The van der Waals surface area contributed by atoms with Gasteiger partial charge >= 0.3 is 0 Å². The molecule has 1 aliphatic heterocycles. The Morgan fingerprint density at radius 2 is 1.80 bits per heavy atom. The zero-order chi connectivity index (χ0) is 13.9. The fraction of sp³-hybridized carbons (Fsp3) is 0.312. The molecule has 0 radical (unpaired) electrons. The molecule has 0 unspecified atom stereocenters. The van der Waals surface area contributed by atoms with Gasteiger partial charge < -0.3 is 11.1 Å². The van der Waals surface area contributed by atoms with Crippen LogP contribution in [0.4, 0.5) is 5.69 Å². The van der Waals surface area contributed by atoms with Crippen LogP contribution in [0.2, 0.25) is 0 Å². The lowest BCUT2D eigenvalue weighted by Crippen LogP contribution is -2.24. The van der Waals surface area contributed by atoms with E-state index in [9.17, 15) is 0 Å². The molecule has 0 saturated carbocycles. The third-order valence-corrected chi connectivity index (χ3v) is 5.04. The maximum Gasteiger partial charge on any atom is 0.104 e. The van der Waals surface area contributed by atoms with Crippen molar-refractivity contribution < 1.29 is 0 Å². The molecule has 1 aliphatic rings. The number of benzene rings is 2. The molecule has 0 aromatic heterocycles. The van der Waals surface area contributed by atoms with Gasteiger partial charge in [0, 0.05) is 22.7 Å². The highest BCUT2D eigenvalue weighted by Gasteiger charge is 2.15. The summed E-state index contributed by atoms with van der Waals surface area (Å²) in [4.78, 5) is 0.460. The first-order valence-corrected chi connectivity index (χ1v) is 8.48. The van der Waals surface area contributed by atoms with Crippen LogP contribution in [0.5, 0.6) is 0 Å². The Bertz CT molecular complexity index is 633. The molecule has 0 amide bonds. The Labute approximate surface area is 129 Å². The van der Waals surface area contributed by atoms with E-state index in [1.54, 1.807) is 0 Å². The van der Waals surface area contributed by atoms with E-state index in [-0.39, 0.29) is 0 Å². The van der Waals surface area contributed by atoms with Gasteiger partial charge in [-0.2, -0.15) is 11.8 Å². The second-order valence-electron chi connectivity index (χ2n) is 5.10. The van der Waals surface area contributed by atoms with Crippen molar-refractivity contribution in [3.63, 3.8) is 0 Å². The molecule has 1 saturated heterocycles. The fourth-order valence-corrected chi connectivity index (χ4v) is 3.99. The third kappa shape index (κ3) is 2.76. The lowest BCUT2D eigenvalue weighted by molar-refractivity contribution is 0.667. The van der Waals surface area contributed by atoms with Gasteiger partial charge in [-0.3, -0.25) is 0 Å². The zero-order valence-electron chi connectivity index (χ0n) is 11.3. The van der Waals surface area contributed by atoms with E-state index in [0.29, 0.717) is 11.0 Å². The third-order valence-electron chi connectivity index (χ3n) is 3.77. The first-order valence-electron chi connectivity index (χ1n) is 6.91. The van der Waals surface area contributed by atoms with Crippen LogP contribution in [-0.4, -0.2) is 22.5 Å². The van der Waals surface area contributed by atoms with Gasteiger partial charge in [0.1, 0.15) is 4.99 Å². The molecule has 0 bridgehead atoms. The highest BCUT2D eigenvalue weighted by Crippen LogP contribution is 2.29. The number of nitrogens with two attached hydrogens (primary N) is 1. The van der Waals surface area contributed by atoms with Gasteiger partial charge in [0.25, 0.3) is 0 Å². The molecule has 3 rings (SSSR count). The summed E-state index contributed by atoms with van der Waals surface area (Å²) >= 11 is 7.19. The van der Waals surface area contributed by atoms with Gasteiger partial charge in [-0.25, -0.2) is 0 Å². The van der Waals surface area contributed by atoms with Crippen LogP contribution >= 0.6 is 24.0 Å². The van der Waals surface area contributed by atoms with Crippen molar-refractivity contribution >= 4 is 45.4 Å². The molecule has 2 aromatic rings. The SMILES string of the molecule is NC(=S)c1ccc(NC2CCSCC2)c2ccccc12. The van der Waals surface area contributed by atoms with Gasteiger partial charge in [0.2, 0.25) is 0 Å². The lowest BCUT2D eigenvalue weighted by atomic mass is 10.0. The van der Waals surface area contributed by atoms with Crippen molar-refractivity contribution in [1.29, 1.82) is 0 Å². The molecule has 3 N–H and O–H groups in total. The maximum atomic E-state index is 5.82. The molecule has 1 heterocycles. The summed E-state index contributed by atoms with van der Waals surface area (Å²) in [6.07, 6.45) is 2.46. The average Bonchev–Trinajstić information content (AvgIpc) is 2.48. The molecular weight excluding hydrogens is 284 g/mol. The lowest BCUT2D eigenvalue weighted by Gasteiger charge is -2.24. The van der Waals surface area contributed by atoms with Crippen LogP contribution in [0.3, 0.4) is 0 Å². The van der Waals surface area contributed by atoms with Crippen LogP contribution in [0.25, 0.3) is 10.8 Å². The second-order valence-corrected chi connectivity index (χ2v) is 6.77. The Morgan fingerprint density at radius 3 is 2.50 bits per heavy atom. The van der Waals surface area contributed by atoms with Crippen molar-refractivity contribution in [2.75, 3.05) is 16.8 Å². The summed E-state index contributed by atoms with van der Waals surface area (Å²) in [5, 5.41) is 6.03. The number of fused-ring (bicyclic) bond motifs is 1. The van der Waals surface area contributed by atoms with Crippen molar-refractivity contribution in [3.8, 4) is 0 Å². The molecule has 104 valence electrons. The molecule has 2 nitrogen and oxygen atoms in total. The predicted molar refractivity (Wildman–Crippen MR) is 93.8 cm³/mol. The molecule has 20 heavy (non-hydrogen) atoms. The molecule has 4 heteroatoms. The first-order chi connectivity index (χ1) is 9.75. The van der Waals surface area contributed by atoms with E-state index >= 15 is 0 Å². The van der Waals surface area contributed by atoms with E-state index in [4.69, 9.17) is 18.0 Å². The van der Waals surface area contributed by atoms with Crippen LogP contribution in [0, 0.1) is 0 Å². The van der Waals surface area contributed by atoms with Gasteiger partial charge in [0.05, 0.1) is 0 Å². The molecule has 2 aromatic carbocycles. The summed E-state index contributed by atoms with van der Waals surface area (Å²) in [5.74, 6) is 2.50. The molecule has 0 aliphatic carbocycles. The Hall–Kier alpha value is -1.26. The first kappa shape index (κ1) is 13.7. The maximum absolute atomic E-state index is 5.82. The normalized spacial score (nSPS) is 16.2. The smallest absolute Gasteiger partial charge is 0.104 e. The number of hydrogen-bond donors (Lipinski definition) is 2. The van der Waals surface area contributed by atoms with Crippen LogP contribution in [0.15, 0.2) is 36.4 Å². The fourth-order valence-electron chi connectivity index (χ4n) is 2.70. The minimum Gasteiger partial charge on any atom is -0.389 e. The summed E-state index contributed by atoms with van der Waals surface area (Å²) in [5.41, 5.74) is 7.97. The minimum atomic E-state index is 0.460. The van der Waals surface area contributed by atoms with Gasteiger partial charge in [0.15, 0.2) is 0 Å². The molecule has 0 spiro atoms. The van der Waals surface area contributed by atoms with Crippen molar-refractivity contribution in [2.24, 2.45) is 5.73 Å². The van der Waals surface area contributed by atoms with E-state index < -0.39 is 0 Å². The summed E-state index contributed by atoms with van der Waals surface area (Å²) < 4.78 is 0. The number of hydrogen-bond acceptors (Lipinski definition) is 3. The number of anilines is 1. The minimum absolute atomic E-state index is 0.460. The highest BCUT2D eigenvalue weighted by molar-refractivity contribution is 7.99. The van der Waals surface area contributed by atoms with E-state index in [1.807, 2.05) is 23.9 Å². The Kier molecular flexibility index (Phi) is 4.13. The van der Waals surface area contributed by atoms with Crippen LogP contribution in [0.1, 0.15) is 18.4 Å².